The van der Waals surface area contributed by atoms with Crippen molar-refractivity contribution in [2.45, 2.75) is 19.4 Å². The van der Waals surface area contributed by atoms with Crippen LogP contribution in [0.2, 0.25) is 0 Å². The highest BCUT2D eigenvalue weighted by Crippen LogP contribution is 2.41. The first-order valence-electron chi connectivity index (χ1n) is 9.58. The molecule has 4 rings (SSSR count). The highest BCUT2D eigenvalue weighted by Gasteiger charge is 2.47. The maximum Gasteiger partial charge on any atom is 0.300 e. The van der Waals surface area contributed by atoms with Crippen molar-refractivity contribution >= 4 is 23.1 Å². The minimum Gasteiger partial charge on any atom is -0.507 e. The van der Waals surface area contributed by atoms with Crippen LogP contribution in [0.1, 0.15) is 29.8 Å². The van der Waals surface area contributed by atoms with Gasteiger partial charge in [-0.2, -0.15) is 0 Å². The summed E-state index contributed by atoms with van der Waals surface area (Å²) in [4.78, 5) is 31.5. The van der Waals surface area contributed by atoms with Gasteiger partial charge < -0.3 is 5.11 Å². The lowest BCUT2D eigenvalue weighted by Crippen LogP contribution is -2.29. The number of aliphatic hydroxyl groups is 1. The first kappa shape index (κ1) is 19.5. The summed E-state index contributed by atoms with van der Waals surface area (Å²) in [5.74, 6) is -2.34. The third kappa shape index (κ3) is 3.37. The Morgan fingerprint density at radius 3 is 2.33 bits per heavy atom. The molecule has 1 atom stereocenters. The summed E-state index contributed by atoms with van der Waals surface area (Å²) >= 11 is 0. The number of aryl methyl sites for hydroxylation is 1. The molecule has 0 saturated carbocycles. The van der Waals surface area contributed by atoms with Crippen molar-refractivity contribution in [1.29, 1.82) is 0 Å². The first-order chi connectivity index (χ1) is 14.5. The lowest BCUT2D eigenvalue weighted by molar-refractivity contribution is -0.132. The topological polar surface area (TPSA) is 70.5 Å². The molecule has 1 aliphatic heterocycles. The van der Waals surface area contributed by atoms with Gasteiger partial charge >= 0.3 is 0 Å². The average molecular weight is 402 g/mol. The second-order valence-corrected chi connectivity index (χ2v) is 6.95. The predicted octanol–water partition coefficient (Wildman–Crippen LogP) is 4.41. The zero-order valence-electron chi connectivity index (χ0n) is 16.2. The lowest BCUT2D eigenvalue weighted by atomic mass is 9.97. The van der Waals surface area contributed by atoms with E-state index >= 15 is 0 Å². The second-order valence-electron chi connectivity index (χ2n) is 6.95. The molecule has 0 bridgehead atoms. The quantitative estimate of drug-likeness (QED) is 0.399. The van der Waals surface area contributed by atoms with E-state index in [1.54, 1.807) is 36.5 Å². The highest BCUT2D eigenvalue weighted by atomic mass is 19.1. The van der Waals surface area contributed by atoms with Crippen molar-refractivity contribution in [3.63, 3.8) is 0 Å². The van der Waals surface area contributed by atoms with Gasteiger partial charge in [-0.05, 0) is 48.4 Å². The van der Waals surface area contributed by atoms with Gasteiger partial charge in [0.15, 0.2) is 0 Å². The summed E-state index contributed by atoms with van der Waals surface area (Å²) in [6, 6.07) is 16.6. The van der Waals surface area contributed by atoms with Crippen LogP contribution in [0.4, 0.5) is 10.1 Å². The van der Waals surface area contributed by atoms with Crippen molar-refractivity contribution in [1.82, 2.24) is 4.98 Å². The van der Waals surface area contributed by atoms with E-state index in [0.717, 1.165) is 12.0 Å². The van der Waals surface area contributed by atoms with Crippen molar-refractivity contribution < 1.29 is 19.1 Å². The summed E-state index contributed by atoms with van der Waals surface area (Å²) in [7, 11) is 0. The minimum absolute atomic E-state index is 0.0488. The molecule has 1 amide bonds. The smallest absolute Gasteiger partial charge is 0.300 e. The number of aliphatic hydroxyl groups excluding tert-OH is 1. The largest absolute Gasteiger partial charge is 0.507 e. The van der Waals surface area contributed by atoms with Gasteiger partial charge in [0, 0.05) is 17.4 Å². The van der Waals surface area contributed by atoms with Crippen LogP contribution >= 0.6 is 0 Å². The Morgan fingerprint density at radius 2 is 1.73 bits per heavy atom. The van der Waals surface area contributed by atoms with Crippen molar-refractivity contribution in [2.24, 2.45) is 0 Å². The molecule has 6 heteroatoms. The van der Waals surface area contributed by atoms with E-state index in [4.69, 9.17) is 0 Å². The van der Waals surface area contributed by atoms with Crippen LogP contribution < -0.4 is 4.90 Å². The van der Waals surface area contributed by atoms with E-state index in [1.807, 2.05) is 19.1 Å². The van der Waals surface area contributed by atoms with Gasteiger partial charge in [0.25, 0.3) is 11.7 Å². The molecule has 150 valence electrons. The predicted molar refractivity (Wildman–Crippen MR) is 111 cm³/mol. The molecule has 1 unspecified atom stereocenters. The van der Waals surface area contributed by atoms with Crippen LogP contribution in [0.3, 0.4) is 0 Å². The first-order valence-corrected chi connectivity index (χ1v) is 9.58. The summed E-state index contributed by atoms with van der Waals surface area (Å²) in [5.41, 5.74) is 2.24. The number of amides is 1. The number of nitrogens with zero attached hydrogens (tertiary/aromatic N) is 2. The number of halogens is 1. The van der Waals surface area contributed by atoms with Gasteiger partial charge in [0.2, 0.25) is 0 Å². The Bertz CT molecular complexity index is 1120. The molecule has 30 heavy (non-hydrogen) atoms. The van der Waals surface area contributed by atoms with Crippen LogP contribution in [0.25, 0.3) is 5.76 Å². The maximum absolute atomic E-state index is 13.4. The Balaban J connectivity index is 1.90. The molecular formula is C24H19FN2O3. The number of benzene rings is 2. The number of hydrogen-bond acceptors (Lipinski definition) is 4. The molecule has 1 aliphatic rings. The zero-order chi connectivity index (χ0) is 21.3. The van der Waals surface area contributed by atoms with Crippen molar-refractivity contribution in [3.8, 4) is 0 Å². The highest BCUT2D eigenvalue weighted by molar-refractivity contribution is 6.51. The van der Waals surface area contributed by atoms with Crippen LogP contribution in [-0.2, 0) is 16.0 Å². The fraction of sp³-hybridized carbons (Fsp3) is 0.125. The second kappa shape index (κ2) is 7.91. The Kier molecular flexibility index (Phi) is 5.14. The molecule has 1 saturated heterocycles. The summed E-state index contributed by atoms with van der Waals surface area (Å²) < 4.78 is 13.4. The van der Waals surface area contributed by atoms with Crippen LogP contribution in [0, 0.1) is 5.82 Å². The minimum atomic E-state index is -0.928. The summed E-state index contributed by atoms with van der Waals surface area (Å²) in [6.45, 7) is 2.02. The molecule has 1 N–H and O–H groups in total. The van der Waals surface area contributed by atoms with Gasteiger partial charge in [-0.1, -0.05) is 37.3 Å². The molecule has 2 aromatic carbocycles. The van der Waals surface area contributed by atoms with Gasteiger partial charge in [-0.25, -0.2) is 4.39 Å². The molecule has 2 heterocycles. The molecule has 1 fully saturated rings. The fourth-order valence-electron chi connectivity index (χ4n) is 3.57. The fourth-order valence-corrected chi connectivity index (χ4v) is 3.57. The summed E-state index contributed by atoms with van der Waals surface area (Å²) in [5, 5.41) is 11.0. The third-order valence-corrected chi connectivity index (χ3v) is 5.15. The Labute approximate surface area is 173 Å². The standard InChI is InChI=1S/C24H19FN2O3/c1-2-15-6-8-16(9-7-15)22(28)20-21(19-5-3-4-14-26-19)27(24(30)23(20)29)18-12-10-17(25)11-13-18/h3-14,21,28H,2H2,1H3/b22-20-. The van der Waals surface area contributed by atoms with Crippen LogP contribution in [-0.4, -0.2) is 21.8 Å². The molecule has 0 radical (unpaired) electrons. The van der Waals surface area contributed by atoms with Gasteiger partial charge in [0.1, 0.15) is 17.6 Å². The number of hydrogen-bond donors (Lipinski definition) is 1. The third-order valence-electron chi connectivity index (χ3n) is 5.15. The van der Waals surface area contributed by atoms with Gasteiger partial charge in [-0.15, -0.1) is 0 Å². The molecule has 5 nitrogen and oxygen atoms in total. The zero-order valence-corrected chi connectivity index (χ0v) is 16.2. The number of ketones is 1. The number of anilines is 1. The van der Waals surface area contributed by atoms with E-state index in [2.05, 4.69) is 4.98 Å². The Morgan fingerprint density at radius 1 is 1.03 bits per heavy atom. The van der Waals surface area contributed by atoms with E-state index in [0.29, 0.717) is 16.9 Å². The van der Waals surface area contributed by atoms with E-state index in [1.165, 1.54) is 29.2 Å². The number of carbonyl (C=O) groups is 2. The van der Waals surface area contributed by atoms with E-state index in [-0.39, 0.29) is 11.3 Å². The molecule has 3 aromatic rings. The number of Topliss-reactive ketones (excluding diaryl/α,β-unsaturated/α-hetero) is 1. The SMILES string of the molecule is CCc1ccc(/C(O)=C2/C(=O)C(=O)N(c3ccc(F)cc3)C2c2ccccn2)cc1. The van der Waals surface area contributed by atoms with Gasteiger partial charge in [0.05, 0.1) is 11.3 Å². The lowest BCUT2D eigenvalue weighted by Gasteiger charge is -2.24. The van der Waals surface area contributed by atoms with Crippen molar-refractivity contribution in [3.05, 3.63) is 101 Å². The normalized spacial score (nSPS) is 18.1. The molecule has 1 aromatic heterocycles. The number of aromatic nitrogens is 1. The van der Waals surface area contributed by atoms with Crippen LogP contribution in [0.15, 0.2) is 78.5 Å². The number of carbonyl (C=O) groups excluding carboxylic acids is 2. The van der Waals surface area contributed by atoms with Crippen LogP contribution in [0.5, 0.6) is 0 Å². The number of rotatable bonds is 4. The molecular weight excluding hydrogens is 383 g/mol. The van der Waals surface area contributed by atoms with Crippen molar-refractivity contribution in [2.75, 3.05) is 4.90 Å². The Hall–Kier alpha value is -3.80. The molecule has 0 aliphatic carbocycles. The monoisotopic (exact) mass is 402 g/mol. The maximum atomic E-state index is 13.4. The van der Waals surface area contributed by atoms with E-state index in [9.17, 15) is 19.1 Å². The van der Waals surface area contributed by atoms with E-state index < -0.39 is 23.5 Å². The van der Waals surface area contributed by atoms with Gasteiger partial charge in [-0.3, -0.25) is 19.5 Å². The number of pyridine rings is 1. The summed E-state index contributed by atoms with van der Waals surface area (Å²) in [6.07, 6.45) is 2.39. The average Bonchev–Trinajstić information content (AvgIpc) is 3.05. The molecule has 0 spiro atoms.